The Morgan fingerprint density at radius 1 is 1.32 bits per heavy atom. The highest BCUT2D eigenvalue weighted by molar-refractivity contribution is 5.79. The van der Waals surface area contributed by atoms with Crippen LogP contribution in [0.1, 0.15) is 18.7 Å². The second-order valence-corrected chi connectivity index (χ2v) is 5.77. The lowest BCUT2D eigenvalue weighted by atomic mass is 10.2. The van der Waals surface area contributed by atoms with Gasteiger partial charge in [-0.15, -0.1) is 0 Å². The van der Waals surface area contributed by atoms with Gasteiger partial charge in [-0.1, -0.05) is 18.2 Å². The van der Waals surface area contributed by atoms with Gasteiger partial charge in [0, 0.05) is 18.5 Å². The van der Waals surface area contributed by atoms with Gasteiger partial charge in [-0.25, -0.2) is 0 Å². The van der Waals surface area contributed by atoms with Gasteiger partial charge >= 0.3 is 0 Å². The van der Waals surface area contributed by atoms with Gasteiger partial charge in [-0.05, 0) is 26.1 Å². The molecule has 1 aliphatic heterocycles. The molecule has 0 saturated carbocycles. The number of carbonyl (C=O) groups excluding carboxylic acids is 1. The van der Waals surface area contributed by atoms with Gasteiger partial charge in [-0.2, -0.15) is 0 Å². The van der Waals surface area contributed by atoms with Crippen LogP contribution in [0.25, 0.3) is 11.0 Å². The van der Waals surface area contributed by atoms with Gasteiger partial charge in [0.05, 0.1) is 25.8 Å². The summed E-state index contributed by atoms with van der Waals surface area (Å²) in [4.78, 5) is 16.2. The third-order valence-corrected chi connectivity index (χ3v) is 4.27. The number of benzene rings is 1. The number of hydrogen-bond donors (Lipinski definition) is 0. The van der Waals surface area contributed by atoms with Gasteiger partial charge < -0.3 is 14.1 Å². The van der Waals surface area contributed by atoms with Crippen LogP contribution in [0.5, 0.6) is 0 Å². The normalized spacial score (nSPS) is 17.1. The molecule has 0 aliphatic carbocycles. The Hall–Kier alpha value is -1.85. The molecular weight excluding hydrogens is 280 g/mol. The molecule has 0 N–H and O–H groups in total. The van der Waals surface area contributed by atoms with Gasteiger partial charge in [0.15, 0.2) is 0 Å². The third-order valence-electron chi connectivity index (χ3n) is 4.27. The van der Waals surface area contributed by atoms with Gasteiger partial charge in [0.2, 0.25) is 5.91 Å². The van der Waals surface area contributed by atoms with Crippen molar-refractivity contribution < 1.29 is 13.9 Å². The lowest BCUT2D eigenvalue weighted by molar-refractivity contribution is -0.136. The Morgan fingerprint density at radius 2 is 2.05 bits per heavy atom. The molecule has 1 amide bonds. The lowest BCUT2D eigenvalue weighted by Crippen LogP contribution is -2.45. The van der Waals surface area contributed by atoms with Gasteiger partial charge in [0.1, 0.15) is 11.3 Å². The second kappa shape index (κ2) is 6.50. The summed E-state index contributed by atoms with van der Waals surface area (Å²) < 4.78 is 11.2. The number of hydrogen-bond acceptors (Lipinski definition) is 4. The predicted molar refractivity (Wildman–Crippen MR) is 84.7 cm³/mol. The van der Waals surface area contributed by atoms with E-state index in [1.807, 2.05) is 41.1 Å². The van der Waals surface area contributed by atoms with Crippen LogP contribution in [-0.4, -0.2) is 55.6 Å². The van der Waals surface area contributed by atoms with Crippen molar-refractivity contribution in [1.82, 2.24) is 9.80 Å². The molecule has 118 valence electrons. The fourth-order valence-electron chi connectivity index (χ4n) is 2.69. The van der Waals surface area contributed by atoms with Gasteiger partial charge in [0.25, 0.3) is 0 Å². The number of furan rings is 1. The molecule has 0 spiro atoms. The van der Waals surface area contributed by atoms with E-state index in [9.17, 15) is 4.79 Å². The zero-order valence-corrected chi connectivity index (χ0v) is 13.1. The molecule has 0 bridgehead atoms. The van der Waals surface area contributed by atoms with Crippen molar-refractivity contribution in [3.63, 3.8) is 0 Å². The first kappa shape index (κ1) is 15.1. The highest BCUT2D eigenvalue weighted by atomic mass is 16.5. The predicted octanol–water partition coefficient (Wildman–Crippen LogP) is 2.28. The van der Waals surface area contributed by atoms with Crippen molar-refractivity contribution in [3.8, 4) is 0 Å². The van der Waals surface area contributed by atoms with Crippen LogP contribution in [0.4, 0.5) is 0 Å². The third kappa shape index (κ3) is 3.15. The highest BCUT2D eigenvalue weighted by Crippen LogP contribution is 2.26. The van der Waals surface area contributed by atoms with E-state index in [-0.39, 0.29) is 11.9 Å². The minimum atomic E-state index is 0.0531. The fourth-order valence-corrected chi connectivity index (χ4v) is 2.69. The van der Waals surface area contributed by atoms with Crippen molar-refractivity contribution in [2.45, 2.75) is 13.0 Å². The minimum absolute atomic E-state index is 0.0531. The minimum Gasteiger partial charge on any atom is -0.459 e. The van der Waals surface area contributed by atoms with Crippen LogP contribution in [-0.2, 0) is 9.53 Å². The van der Waals surface area contributed by atoms with Crippen molar-refractivity contribution in [1.29, 1.82) is 0 Å². The van der Waals surface area contributed by atoms with Crippen molar-refractivity contribution in [2.75, 3.05) is 39.9 Å². The number of likely N-dealkylation sites (N-methyl/N-ethyl adjacent to an activating group) is 1. The summed E-state index contributed by atoms with van der Waals surface area (Å²) in [5, 5.41) is 1.09. The largest absolute Gasteiger partial charge is 0.459 e. The number of nitrogens with zero attached hydrogens (tertiary/aromatic N) is 2. The number of fused-ring (bicyclic) bond motifs is 1. The maximum Gasteiger partial charge on any atom is 0.236 e. The summed E-state index contributed by atoms with van der Waals surface area (Å²) in [6.45, 7) is 5.09. The van der Waals surface area contributed by atoms with Crippen LogP contribution in [0, 0.1) is 0 Å². The molecule has 2 heterocycles. The number of amides is 1. The quantitative estimate of drug-likeness (QED) is 0.869. The molecule has 1 aromatic carbocycles. The average Bonchev–Trinajstić information content (AvgIpc) is 2.98. The first-order valence-electron chi connectivity index (χ1n) is 7.69. The van der Waals surface area contributed by atoms with E-state index in [1.165, 1.54) is 0 Å². The maximum absolute atomic E-state index is 12.3. The van der Waals surface area contributed by atoms with E-state index in [4.69, 9.17) is 9.15 Å². The van der Waals surface area contributed by atoms with Crippen molar-refractivity contribution >= 4 is 16.9 Å². The zero-order valence-electron chi connectivity index (χ0n) is 13.1. The van der Waals surface area contributed by atoms with Crippen LogP contribution in [0.15, 0.2) is 34.7 Å². The number of ether oxygens (including phenoxy) is 1. The Kier molecular flexibility index (Phi) is 4.45. The topological polar surface area (TPSA) is 45.9 Å². The maximum atomic E-state index is 12.3. The summed E-state index contributed by atoms with van der Waals surface area (Å²) in [6, 6.07) is 10.1. The molecule has 1 atom stereocenters. The SMILES string of the molecule is CC(c1cc2ccccc2o1)N(C)CC(=O)N1CCOCC1. The Balaban J connectivity index is 1.65. The van der Waals surface area contributed by atoms with Crippen LogP contribution in [0.2, 0.25) is 0 Å². The summed E-state index contributed by atoms with van der Waals surface area (Å²) in [6.07, 6.45) is 0. The molecule has 0 radical (unpaired) electrons. The summed E-state index contributed by atoms with van der Waals surface area (Å²) >= 11 is 0. The molecule has 1 aromatic heterocycles. The highest BCUT2D eigenvalue weighted by Gasteiger charge is 2.22. The smallest absolute Gasteiger partial charge is 0.236 e. The van der Waals surface area contributed by atoms with E-state index in [2.05, 4.69) is 13.0 Å². The van der Waals surface area contributed by atoms with Crippen molar-refractivity contribution in [2.24, 2.45) is 0 Å². The summed E-state index contributed by atoms with van der Waals surface area (Å²) in [5.74, 6) is 1.03. The van der Waals surface area contributed by atoms with E-state index in [0.29, 0.717) is 32.8 Å². The average molecular weight is 302 g/mol. The number of morpholine rings is 1. The molecule has 5 heteroatoms. The summed E-state index contributed by atoms with van der Waals surface area (Å²) in [7, 11) is 1.95. The zero-order chi connectivity index (χ0) is 15.5. The van der Waals surface area contributed by atoms with Crippen LogP contribution >= 0.6 is 0 Å². The molecule has 1 fully saturated rings. The van der Waals surface area contributed by atoms with Crippen LogP contribution < -0.4 is 0 Å². The van der Waals surface area contributed by atoms with E-state index in [0.717, 1.165) is 16.7 Å². The fraction of sp³-hybridized carbons (Fsp3) is 0.471. The Morgan fingerprint density at radius 3 is 2.77 bits per heavy atom. The number of rotatable bonds is 4. The van der Waals surface area contributed by atoms with E-state index in [1.54, 1.807) is 0 Å². The molecule has 1 unspecified atom stereocenters. The van der Waals surface area contributed by atoms with Crippen LogP contribution in [0.3, 0.4) is 0 Å². The Labute approximate surface area is 130 Å². The first-order valence-corrected chi connectivity index (χ1v) is 7.69. The first-order chi connectivity index (χ1) is 10.6. The number of para-hydroxylation sites is 1. The molecule has 22 heavy (non-hydrogen) atoms. The molecular formula is C17H22N2O3. The monoisotopic (exact) mass is 302 g/mol. The molecule has 2 aromatic rings. The number of carbonyl (C=O) groups is 1. The summed E-state index contributed by atoms with van der Waals surface area (Å²) in [5.41, 5.74) is 0.886. The Bertz CT molecular complexity index is 613. The molecule has 3 rings (SSSR count). The molecule has 1 saturated heterocycles. The standard InChI is InChI=1S/C17H22N2O3/c1-13(16-11-14-5-3-4-6-15(14)22-16)18(2)12-17(20)19-7-9-21-10-8-19/h3-6,11,13H,7-10,12H2,1-2H3. The van der Waals surface area contributed by atoms with Crippen molar-refractivity contribution in [3.05, 3.63) is 36.1 Å². The van der Waals surface area contributed by atoms with E-state index >= 15 is 0 Å². The molecule has 5 nitrogen and oxygen atoms in total. The lowest BCUT2D eigenvalue weighted by Gasteiger charge is -2.30. The van der Waals surface area contributed by atoms with Gasteiger partial charge in [-0.3, -0.25) is 9.69 Å². The van der Waals surface area contributed by atoms with E-state index < -0.39 is 0 Å². The molecule has 1 aliphatic rings. The second-order valence-electron chi connectivity index (χ2n) is 5.77.